The molecule has 110 valence electrons. The SMILES string of the molecule is COc1ccc(N(CC(=O)O)C(=O)OC(C)(C)C)cc1. The Kier molecular flexibility index (Phi) is 4.96. The molecule has 0 aliphatic carbocycles. The van der Waals surface area contributed by atoms with Crippen LogP contribution in [0, 0.1) is 0 Å². The molecule has 0 saturated carbocycles. The van der Waals surface area contributed by atoms with Crippen molar-refractivity contribution in [1.82, 2.24) is 0 Å². The molecule has 0 aliphatic rings. The van der Waals surface area contributed by atoms with Crippen LogP contribution >= 0.6 is 0 Å². The third-order valence-electron chi connectivity index (χ3n) is 2.29. The Labute approximate surface area is 117 Å². The van der Waals surface area contributed by atoms with E-state index in [4.69, 9.17) is 14.6 Å². The molecule has 0 heterocycles. The number of aliphatic carboxylic acids is 1. The van der Waals surface area contributed by atoms with Gasteiger partial charge in [-0.25, -0.2) is 4.79 Å². The predicted octanol–water partition coefficient (Wildman–Crippen LogP) is 2.52. The molecule has 1 aromatic carbocycles. The summed E-state index contributed by atoms with van der Waals surface area (Å²) >= 11 is 0. The number of anilines is 1. The average Bonchev–Trinajstić information content (AvgIpc) is 2.34. The Hall–Kier alpha value is -2.24. The highest BCUT2D eigenvalue weighted by Crippen LogP contribution is 2.21. The molecule has 0 unspecified atom stereocenters. The van der Waals surface area contributed by atoms with Gasteiger partial charge in [-0.1, -0.05) is 0 Å². The highest BCUT2D eigenvalue weighted by atomic mass is 16.6. The van der Waals surface area contributed by atoms with E-state index in [1.54, 1.807) is 45.0 Å². The summed E-state index contributed by atoms with van der Waals surface area (Å²) in [5.74, 6) is -0.500. The second-order valence-electron chi connectivity index (χ2n) is 5.16. The Morgan fingerprint density at radius 2 is 1.75 bits per heavy atom. The lowest BCUT2D eigenvalue weighted by molar-refractivity contribution is -0.135. The monoisotopic (exact) mass is 281 g/mol. The maximum atomic E-state index is 12.1. The van der Waals surface area contributed by atoms with Crippen LogP contribution in [0.3, 0.4) is 0 Å². The number of rotatable bonds is 4. The fourth-order valence-corrected chi connectivity index (χ4v) is 1.48. The van der Waals surface area contributed by atoms with Crippen molar-refractivity contribution < 1.29 is 24.2 Å². The van der Waals surface area contributed by atoms with Crippen molar-refractivity contribution >= 4 is 17.7 Å². The summed E-state index contributed by atoms with van der Waals surface area (Å²) < 4.78 is 10.2. The van der Waals surface area contributed by atoms with Gasteiger partial charge in [0.05, 0.1) is 7.11 Å². The summed E-state index contributed by atoms with van der Waals surface area (Å²) in [4.78, 5) is 24.0. The standard InChI is InChI=1S/C14H19NO5/c1-14(2,3)20-13(18)15(9-12(16)17)10-5-7-11(19-4)8-6-10/h5-8H,9H2,1-4H3,(H,16,17). The van der Waals surface area contributed by atoms with E-state index in [2.05, 4.69) is 0 Å². The third-order valence-corrected chi connectivity index (χ3v) is 2.29. The van der Waals surface area contributed by atoms with Crippen LogP contribution in [0.5, 0.6) is 5.75 Å². The normalized spacial score (nSPS) is 10.8. The molecule has 0 aromatic heterocycles. The maximum Gasteiger partial charge on any atom is 0.415 e. The van der Waals surface area contributed by atoms with Crippen LogP contribution in [-0.4, -0.2) is 36.4 Å². The van der Waals surface area contributed by atoms with Crippen molar-refractivity contribution in [3.63, 3.8) is 0 Å². The minimum Gasteiger partial charge on any atom is -0.497 e. The number of carbonyl (C=O) groups is 2. The molecule has 1 aromatic rings. The van der Waals surface area contributed by atoms with Crippen molar-refractivity contribution in [2.45, 2.75) is 26.4 Å². The van der Waals surface area contributed by atoms with Crippen LogP contribution in [0.4, 0.5) is 10.5 Å². The Morgan fingerprint density at radius 1 is 1.20 bits per heavy atom. The van der Waals surface area contributed by atoms with Gasteiger partial charge in [-0.3, -0.25) is 9.69 Å². The molecule has 6 heteroatoms. The fraction of sp³-hybridized carbons (Fsp3) is 0.429. The van der Waals surface area contributed by atoms with Crippen LogP contribution in [-0.2, 0) is 9.53 Å². The van der Waals surface area contributed by atoms with E-state index < -0.39 is 24.2 Å². The highest BCUT2D eigenvalue weighted by Gasteiger charge is 2.25. The van der Waals surface area contributed by atoms with E-state index in [1.165, 1.54) is 7.11 Å². The topological polar surface area (TPSA) is 76.1 Å². The summed E-state index contributed by atoms with van der Waals surface area (Å²) in [6.45, 7) is 4.69. The minimum absolute atomic E-state index is 0.433. The molecule has 0 saturated heterocycles. The van der Waals surface area contributed by atoms with E-state index in [-0.39, 0.29) is 0 Å². The number of ether oxygens (including phenoxy) is 2. The number of hydrogen-bond donors (Lipinski definition) is 1. The summed E-state index contributed by atoms with van der Waals surface area (Å²) in [5, 5.41) is 8.92. The van der Waals surface area contributed by atoms with Gasteiger partial charge in [0.2, 0.25) is 0 Å². The number of carbonyl (C=O) groups excluding carboxylic acids is 1. The van der Waals surface area contributed by atoms with Gasteiger partial charge < -0.3 is 14.6 Å². The second-order valence-corrected chi connectivity index (χ2v) is 5.16. The van der Waals surface area contributed by atoms with Crippen molar-refractivity contribution in [2.24, 2.45) is 0 Å². The maximum absolute atomic E-state index is 12.1. The molecule has 1 rings (SSSR count). The first-order valence-electron chi connectivity index (χ1n) is 6.09. The largest absolute Gasteiger partial charge is 0.497 e. The summed E-state index contributed by atoms with van der Waals surface area (Å²) in [6.07, 6.45) is -0.704. The minimum atomic E-state index is -1.12. The Morgan fingerprint density at radius 3 is 2.15 bits per heavy atom. The second kappa shape index (κ2) is 6.27. The van der Waals surface area contributed by atoms with E-state index in [0.29, 0.717) is 11.4 Å². The molecule has 0 radical (unpaired) electrons. The van der Waals surface area contributed by atoms with Gasteiger partial charge in [-0.05, 0) is 45.0 Å². The number of amides is 1. The zero-order valence-corrected chi connectivity index (χ0v) is 12.0. The molecule has 0 spiro atoms. The first kappa shape index (κ1) is 15.8. The summed E-state index contributed by atoms with van der Waals surface area (Å²) in [6, 6.07) is 6.50. The lowest BCUT2D eigenvalue weighted by Crippen LogP contribution is -2.39. The van der Waals surface area contributed by atoms with Crippen LogP contribution in [0.2, 0.25) is 0 Å². The van der Waals surface area contributed by atoms with Crippen LogP contribution in [0.1, 0.15) is 20.8 Å². The van der Waals surface area contributed by atoms with E-state index in [0.717, 1.165) is 4.90 Å². The first-order chi connectivity index (χ1) is 9.23. The van der Waals surface area contributed by atoms with Gasteiger partial charge in [0, 0.05) is 5.69 Å². The highest BCUT2D eigenvalue weighted by molar-refractivity contribution is 5.93. The number of hydrogen-bond acceptors (Lipinski definition) is 4. The van der Waals surface area contributed by atoms with Crippen LogP contribution < -0.4 is 9.64 Å². The fourth-order valence-electron chi connectivity index (χ4n) is 1.48. The van der Waals surface area contributed by atoms with E-state index in [1.807, 2.05) is 0 Å². The molecule has 6 nitrogen and oxygen atoms in total. The quantitative estimate of drug-likeness (QED) is 0.917. The molecule has 0 aliphatic heterocycles. The third kappa shape index (κ3) is 4.79. The van der Waals surface area contributed by atoms with Gasteiger partial charge >= 0.3 is 12.1 Å². The molecule has 1 amide bonds. The van der Waals surface area contributed by atoms with Gasteiger partial charge in [0.1, 0.15) is 17.9 Å². The summed E-state index contributed by atoms with van der Waals surface area (Å²) in [5.41, 5.74) is -0.261. The van der Waals surface area contributed by atoms with Crippen molar-refractivity contribution in [2.75, 3.05) is 18.6 Å². The van der Waals surface area contributed by atoms with Gasteiger partial charge in [0.25, 0.3) is 0 Å². The smallest absolute Gasteiger partial charge is 0.415 e. The number of carboxylic acids is 1. The van der Waals surface area contributed by atoms with Crippen molar-refractivity contribution in [3.05, 3.63) is 24.3 Å². The Bertz CT molecular complexity index is 475. The molecule has 0 fully saturated rings. The number of nitrogens with zero attached hydrogens (tertiary/aromatic N) is 1. The van der Waals surface area contributed by atoms with Gasteiger partial charge in [0.15, 0.2) is 0 Å². The zero-order valence-electron chi connectivity index (χ0n) is 12.0. The van der Waals surface area contributed by atoms with E-state index in [9.17, 15) is 9.59 Å². The summed E-state index contributed by atoms with van der Waals surface area (Å²) in [7, 11) is 1.53. The van der Waals surface area contributed by atoms with Crippen LogP contribution in [0.15, 0.2) is 24.3 Å². The number of benzene rings is 1. The number of methoxy groups -OCH3 is 1. The molecule has 1 N–H and O–H groups in total. The molecular weight excluding hydrogens is 262 g/mol. The molecular formula is C14H19NO5. The molecule has 20 heavy (non-hydrogen) atoms. The van der Waals surface area contributed by atoms with E-state index >= 15 is 0 Å². The number of carboxylic acid groups (broad SMARTS) is 1. The molecule has 0 bridgehead atoms. The predicted molar refractivity (Wildman–Crippen MR) is 74.2 cm³/mol. The first-order valence-corrected chi connectivity index (χ1v) is 6.09. The molecule has 0 atom stereocenters. The van der Waals surface area contributed by atoms with Crippen molar-refractivity contribution in [3.8, 4) is 5.75 Å². The van der Waals surface area contributed by atoms with Crippen LogP contribution in [0.25, 0.3) is 0 Å². The zero-order chi connectivity index (χ0) is 15.3. The lowest BCUT2D eigenvalue weighted by atomic mass is 10.2. The average molecular weight is 281 g/mol. The lowest BCUT2D eigenvalue weighted by Gasteiger charge is -2.26. The van der Waals surface area contributed by atoms with Gasteiger partial charge in [-0.2, -0.15) is 0 Å². The van der Waals surface area contributed by atoms with Crippen molar-refractivity contribution in [1.29, 1.82) is 0 Å². The van der Waals surface area contributed by atoms with Gasteiger partial charge in [-0.15, -0.1) is 0 Å². The Balaban J connectivity index is 2.98.